The lowest BCUT2D eigenvalue weighted by Gasteiger charge is -2.37. The first kappa shape index (κ1) is 14.3. The lowest BCUT2D eigenvalue weighted by atomic mass is 9.96. The number of nitrogens with two attached hydrogens (primary N) is 1. The molecule has 6 heteroatoms. The van der Waals surface area contributed by atoms with Crippen molar-refractivity contribution in [3.05, 3.63) is 32.3 Å². The number of nitro groups is 1. The van der Waals surface area contributed by atoms with Gasteiger partial charge in [0.05, 0.1) is 10.6 Å². The van der Waals surface area contributed by atoms with Crippen LogP contribution < -0.4 is 10.6 Å². The molecule has 0 bridgehead atoms. The molecule has 0 spiro atoms. The molecule has 1 aromatic rings. The second-order valence-electron chi connectivity index (χ2n) is 5.35. The summed E-state index contributed by atoms with van der Waals surface area (Å²) in [5, 5.41) is 10.9. The van der Waals surface area contributed by atoms with Crippen LogP contribution in [0.15, 0.2) is 16.6 Å². The van der Waals surface area contributed by atoms with Crippen molar-refractivity contribution in [1.82, 2.24) is 0 Å². The van der Waals surface area contributed by atoms with Gasteiger partial charge in [0.15, 0.2) is 0 Å². The Labute approximate surface area is 121 Å². The van der Waals surface area contributed by atoms with Gasteiger partial charge in [0, 0.05) is 35.2 Å². The summed E-state index contributed by atoms with van der Waals surface area (Å²) in [7, 11) is 0. The number of piperidine rings is 1. The number of hydrogen-bond donors (Lipinski definition) is 1. The molecule has 19 heavy (non-hydrogen) atoms. The van der Waals surface area contributed by atoms with Crippen LogP contribution in [0, 0.1) is 23.0 Å². The molecular weight excluding hydrogens is 310 g/mol. The van der Waals surface area contributed by atoms with Crippen LogP contribution in [0.4, 0.5) is 11.4 Å². The molecule has 1 aromatic carbocycles. The van der Waals surface area contributed by atoms with Gasteiger partial charge in [0.25, 0.3) is 5.69 Å². The highest BCUT2D eigenvalue weighted by atomic mass is 79.9. The molecule has 1 heterocycles. The van der Waals surface area contributed by atoms with Crippen LogP contribution in [0.1, 0.15) is 18.9 Å². The quantitative estimate of drug-likeness (QED) is 0.669. The molecule has 2 N–H and O–H groups in total. The minimum atomic E-state index is -0.353. The van der Waals surface area contributed by atoms with Crippen LogP contribution in [0.3, 0.4) is 0 Å². The topological polar surface area (TPSA) is 72.4 Å². The van der Waals surface area contributed by atoms with Crippen LogP contribution in [-0.2, 0) is 0 Å². The van der Waals surface area contributed by atoms with E-state index in [0.29, 0.717) is 11.5 Å². The first-order chi connectivity index (χ1) is 8.88. The smallest absolute Gasteiger partial charge is 0.273 e. The van der Waals surface area contributed by atoms with Gasteiger partial charge in [0.1, 0.15) is 0 Å². The van der Waals surface area contributed by atoms with Gasteiger partial charge in [-0.25, -0.2) is 0 Å². The number of rotatable bonds is 2. The van der Waals surface area contributed by atoms with Gasteiger partial charge in [-0.05, 0) is 41.3 Å². The van der Waals surface area contributed by atoms with Gasteiger partial charge in [-0.1, -0.05) is 6.92 Å². The summed E-state index contributed by atoms with van der Waals surface area (Å²) in [6.07, 6.45) is 1.03. The number of nitrogens with zero attached hydrogens (tertiary/aromatic N) is 2. The van der Waals surface area contributed by atoms with Crippen molar-refractivity contribution >= 4 is 27.3 Å². The average Bonchev–Trinajstić information content (AvgIpc) is 2.30. The Morgan fingerprint density at radius 2 is 2.16 bits per heavy atom. The molecule has 1 saturated heterocycles. The van der Waals surface area contributed by atoms with Crippen LogP contribution in [0.2, 0.25) is 0 Å². The fourth-order valence-electron chi connectivity index (χ4n) is 2.69. The molecule has 2 unspecified atom stereocenters. The predicted octanol–water partition coefficient (Wildman–Crippen LogP) is 2.84. The molecule has 0 radical (unpaired) electrons. The Morgan fingerprint density at radius 1 is 1.47 bits per heavy atom. The van der Waals surface area contributed by atoms with Crippen LogP contribution in [0.5, 0.6) is 0 Å². The van der Waals surface area contributed by atoms with E-state index in [4.69, 9.17) is 5.73 Å². The average molecular weight is 328 g/mol. The summed E-state index contributed by atoms with van der Waals surface area (Å²) in [4.78, 5) is 12.8. The molecular formula is C13H18BrN3O2. The van der Waals surface area contributed by atoms with Gasteiger partial charge in [0.2, 0.25) is 0 Å². The second-order valence-corrected chi connectivity index (χ2v) is 6.21. The fourth-order valence-corrected chi connectivity index (χ4v) is 3.27. The standard InChI is InChI=1S/C13H18BrN3O2/c1-8-3-10(15)7-16(6-8)13-4-9(2)12(17(18)19)5-11(13)14/h4-5,8,10H,3,6-7,15H2,1-2H3. The molecule has 0 amide bonds. The Kier molecular flexibility index (Phi) is 4.10. The maximum absolute atomic E-state index is 10.9. The monoisotopic (exact) mass is 327 g/mol. The van der Waals surface area contributed by atoms with Crippen LogP contribution in [-0.4, -0.2) is 24.1 Å². The predicted molar refractivity (Wildman–Crippen MR) is 79.5 cm³/mol. The van der Waals surface area contributed by atoms with Crippen LogP contribution >= 0.6 is 15.9 Å². The Hall–Kier alpha value is -1.14. The van der Waals surface area contributed by atoms with Gasteiger partial charge in [-0.15, -0.1) is 0 Å². The van der Waals surface area contributed by atoms with E-state index in [0.717, 1.165) is 29.7 Å². The third kappa shape index (κ3) is 3.06. The van der Waals surface area contributed by atoms with E-state index in [1.807, 2.05) is 6.07 Å². The van der Waals surface area contributed by atoms with Crippen molar-refractivity contribution in [3.63, 3.8) is 0 Å². The third-order valence-electron chi connectivity index (χ3n) is 3.49. The van der Waals surface area contributed by atoms with E-state index in [2.05, 4.69) is 27.8 Å². The number of nitro benzene ring substituents is 1. The highest BCUT2D eigenvalue weighted by molar-refractivity contribution is 9.10. The van der Waals surface area contributed by atoms with E-state index in [1.165, 1.54) is 0 Å². The van der Waals surface area contributed by atoms with Crippen molar-refractivity contribution in [3.8, 4) is 0 Å². The van der Waals surface area contributed by atoms with Crippen molar-refractivity contribution in [2.45, 2.75) is 26.3 Å². The number of anilines is 1. The molecule has 0 saturated carbocycles. The zero-order valence-electron chi connectivity index (χ0n) is 11.1. The van der Waals surface area contributed by atoms with E-state index in [9.17, 15) is 10.1 Å². The first-order valence-electron chi connectivity index (χ1n) is 6.33. The Morgan fingerprint density at radius 3 is 2.74 bits per heavy atom. The molecule has 0 aliphatic carbocycles. The molecule has 2 rings (SSSR count). The highest BCUT2D eigenvalue weighted by Crippen LogP contribution is 2.35. The molecule has 0 aromatic heterocycles. The highest BCUT2D eigenvalue weighted by Gasteiger charge is 2.25. The lowest BCUT2D eigenvalue weighted by molar-refractivity contribution is -0.385. The minimum absolute atomic E-state index is 0.144. The first-order valence-corrected chi connectivity index (χ1v) is 7.13. The summed E-state index contributed by atoms with van der Waals surface area (Å²) in [6.45, 7) is 5.67. The largest absolute Gasteiger partial charge is 0.369 e. The van der Waals surface area contributed by atoms with E-state index in [-0.39, 0.29) is 16.7 Å². The molecule has 104 valence electrons. The molecule has 2 atom stereocenters. The number of halogens is 1. The summed E-state index contributed by atoms with van der Waals surface area (Å²) >= 11 is 3.44. The van der Waals surface area contributed by atoms with Crippen LogP contribution in [0.25, 0.3) is 0 Å². The van der Waals surface area contributed by atoms with E-state index >= 15 is 0 Å². The Balaban J connectivity index is 2.35. The molecule has 5 nitrogen and oxygen atoms in total. The SMILES string of the molecule is Cc1cc(N2CC(C)CC(N)C2)c(Br)cc1[N+](=O)[O-]. The van der Waals surface area contributed by atoms with E-state index < -0.39 is 0 Å². The normalized spacial score (nSPS) is 23.5. The number of hydrogen-bond acceptors (Lipinski definition) is 4. The zero-order chi connectivity index (χ0) is 14.2. The zero-order valence-corrected chi connectivity index (χ0v) is 12.7. The maximum Gasteiger partial charge on any atom is 0.273 e. The molecule has 1 aliphatic heterocycles. The molecule has 1 aliphatic rings. The van der Waals surface area contributed by atoms with Gasteiger partial charge >= 0.3 is 0 Å². The van der Waals surface area contributed by atoms with Gasteiger partial charge in [-0.2, -0.15) is 0 Å². The van der Waals surface area contributed by atoms with E-state index in [1.54, 1.807) is 13.0 Å². The summed E-state index contributed by atoms with van der Waals surface area (Å²) in [6, 6.07) is 3.61. The lowest BCUT2D eigenvalue weighted by Crippen LogP contribution is -2.46. The number of aryl methyl sites for hydroxylation is 1. The Bertz CT molecular complexity index is 497. The molecule has 1 fully saturated rings. The summed E-state index contributed by atoms with van der Waals surface area (Å²) in [5.41, 5.74) is 7.86. The second kappa shape index (κ2) is 5.46. The third-order valence-corrected chi connectivity index (χ3v) is 4.13. The summed E-state index contributed by atoms with van der Waals surface area (Å²) in [5.74, 6) is 0.533. The van der Waals surface area contributed by atoms with Crippen molar-refractivity contribution < 1.29 is 4.92 Å². The summed E-state index contributed by atoms with van der Waals surface area (Å²) < 4.78 is 0.756. The van der Waals surface area contributed by atoms with Crippen molar-refractivity contribution in [2.24, 2.45) is 11.7 Å². The number of benzene rings is 1. The van der Waals surface area contributed by atoms with Crippen molar-refractivity contribution in [2.75, 3.05) is 18.0 Å². The fraction of sp³-hybridized carbons (Fsp3) is 0.538. The van der Waals surface area contributed by atoms with Gasteiger partial charge < -0.3 is 10.6 Å². The van der Waals surface area contributed by atoms with Crippen molar-refractivity contribution in [1.29, 1.82) is 0 Å². The van der Waals surface area contributed by atoms with Gasteiger partial charge in [-0.3, -0.25) is 10.1 Å². The minimum Gasteiger partial charge on any atom is -0.369 e. The maximum atomic E-state index is 10.9.